The van der Waals surface area contributed by atoms with E-state index in [1.165, 1.54) is 21.9 Å². The molecular weight excluding hydrogens is 574 g/mol. The highest BCUT2D eigenvalue weighted by Crippen LogP contribution is 2.45. The van der Waals surface area contributed by atoms with Gasteiger partial charge >= 0.3 is 0 Å². The van der Waals surface area contributed by atoms with Gasteiger partial charge in [-0.3, -0.25) is 0 Å². The summed E-state index contributed by atoms with van der Waals surface area (Å²) < 4.78 is 13.2. The third-order valence-electron chi connectivity index (χ3n) is 9.46. The van der Waals surface area contributed by atoms with Crippen LogP contribution in [-0.4, -0.2) is 0 Å². The Labute approximate surface area is 270 Å². The third kappa shape index (κ3) is 4.00. The lowest BCUT2D eigenvalue weighted by Gasteiger charge is -2.25. The zero-order valence-electron chi connectivity index (χ0n) is 25.4. The molecular formula is C44H27NO2. The molecule has 0 fully saturated rings. The molecule has 0 atom stereocenters. The summed E-state index contributed by atoms with van der Waals surface area (Å²) in [7, 11) is 0. The van der Waals surface area contributed by atoms with E-state index in [0.717, 1.165) is 71.7 Å². The average molecular weight is 602 g/mol. The molecule has 0 aliphatic rings. The van der Waals surface area contributed by atoms with Gasteiger partial charge in [-0.25, -0.2) is 0 Å². The third-order valence-corrected chi connectivity index (χ3v) is 9.46. The minimum absolute atomic E-state index is 0.849. The minimum Gasteiger partial charge on any atom is -0.456 e. The van der Waals surface area contributed by atoms with E-state index in [4.69, 9.17) is 8.83 Å². The van der Waals surface area contributed by atoms with Crippen molar-refractivity contribution in [3.63, 3.8) is 0 Å². The molecule has 0 radical (unpaired) electrons. The van der Waals surface area contributed by atoms with Crippen molar-refractivity contribution in [3.05, 3.63) is 164 Å². The molecule has 8 aromatic carbocycles. The van der Waals surface area contributed by atoms with Crippen LogP contribution in [-0.2, 0) is 0 Å². The van der Waals surface area contributed by atoms with E-state index in [1.54, 1.807) is 0 Å². The molecule has 3 nitrogen and oxygen atoms in total. The monoisotopic (exact) mass is 601 g/mol. The van der Waals surface area contributed by atoms with E-state index in [9.17, 15) is 0 Å². The highest BCUT2D eigenvalue weighted by atomic mass is 16.3. The number of hydrogen-bond donors (Lipinski definition) is 0. The lowest BCUT2D eigenvalue weighted by Crippen LogP contribution is -2.10. The molecule has 3 heteroatoms. The van der Waals surface area contributed by atoms with Crippen molar-refractivity contribution in [1.82, 2.24) is 0 Å². The van der Waals surface area contributed by atoms with E-state index in [2.05, 4.69) is 157 Å². The zero-order valence-corrected chi connectivity index (χ0v) is 25.4. The van der Waals surface area contributed by atoms with E-state index >= 15 is 0 Å². The second-order valence-corrected chi connectivity index (χ2v) is 12.1. The molecule has 0 amide bonds. The number of rotatable bonds is 4. The maximum absolute atomic E-state index is 6.83. The topological polar surface area (TPSA) is 29.5 Å². The molecule has 0 N–H and O–H groups in total. The summed E-state index contributed by atoms with van der Waals surface area (Å²) in [5.74, 6) is 0. The highest BCUT2D eigenvalue weighted by Gasteiger charge is 2.21. The largest absolute Gasteiger partial charge is 0.456 e. The van der Waals surface area contributed by atoms with Gasteiger partial charge in [-0.1, -0.05) is 115 Å². The van der Waals surface area contributed by atoms with Crippen LogP contribution in [0.5, 0.6) is 0 Å². The molecule has 0 aliphatic carbocycles. The number of fused-ring (bicyclic) bond motifs is 9. The summed E-state index contributed by atoms with van der Waals surface area (Å²) in [6.45, 7) is 0. The van der Waals surface area contributed by atoms with Crippen LogP contribution in [0.15, 0.2) is 173 Å². The molecule has 0 aliphatic heterocycles. The van der Waals surface area contributed by atoms with Crippen molar-refractivity contribution in [3.8, 4) is 11.1 Å². The summed E-state index contributed by atoms with van der Waals surface area (Å²) in [6, 6.07) is 57.8. The molecule has 0 saturated heterocycles. The van der Waals surface area contributed by atoms with Crippen LogP contribution in [0, 0.1) is 0 Å². The number of nitrogens with zero attached hydrogens (tertiary/aromatic N) is 1. The fraction of sp³-hybridized carbons (Fsp3) is 0. The minimum atomic E-state index is 0.849. The maximum Gasteiger partial charge on any atom is 0.159 e. The normalized spacial score (nSPS) is 11.8. The van der Waals surface area contributed by atoms with Crippen LogP contribution in [0.4, 0.5) is 17.1 Å². The second kappa shape index (κ2) is 10.1. The van der Waals surface area contributed by atoms with Gasteiger partial charge in [-0.2, -0.15) is 0 Å². The molecule has 10 aromatic rings. The lowest BCUT2D eigenvalue weighted by molar-refractivity contribution is 0.668. The molecule has 0 saturated carbocycles. The van der Waals surface area contributed by atoms with Crippen LogP contribution in [0.2, 0.25) is 0 Å². The van der Waals surface area contributed by atoms with E-state index in [1.807, 2.05) is 12.1 Å². The van der Waals surface area contributed by atoms with Gasteiger partial charge in [-0.15, -0.1) is 0 Å². The predicted octanol–water partition coefficient (Wildman–Crippen LogP) is 12.9. The Morgan fingerprint density at radius 3 is 1.85 bits per heavy atom. The summed E-state index contributed by atoms with van der Waals surface area (Å²) in [4.78, 5) is 2.28. The summed E-state index contributed by atoms with van der Waals surface area (Å²) in [6.07, 6.45) is 0. The lowest BCUT2D eigenvalue weighted by atomic mass is 9.98. The average Bonchev–Trinajstić information content (AvgIpc) is 3.71. The molecule has 0 unspecified atom stereocenters. The van der Waals surface area contributed by atoms with Crippen molar-refractivity contribution in [2.24, 2.45) is 0 Å². The Balaban J connectivity index is 1.20. The fourth-order valence-electron chi connectivity index (χ4n) is 7.24. The van der Waals surface area contributed by atoms with Crippen LogP contribution in [0.1, 0.15) is 0 Å². The first kappa shape index (κ1) is 26.0. The fourth-order valence-corrected chi connectivity index (χ4v) is 7.24. The van der Waals surface area contributed by atoms with Crippen molar-refractivity contribution in [2.75, 3.05) is 4.90 Å². The number of para-hydroxylation sites is 2. The van der Waals surface area contributed by atoms with Gasteiger partial charge in [0.2, 0.25) is 0 Å². The first-order valence-corrected chi connectivity index (χ1v) is 15.9. The van der Waals surface area contributed by atoms with E-state index < -0.39 is 0 Å². The highest BCUT2D eigenvalue weighted by molar-refractivity contribution is 6.17. The van der Waals surface area contributed by atoms with Crippen molar-refractivity contribution in [1.29, 1.82) is 0 Å². The Morgan fingerprint density at radius 1 is 0.362 bits per heavy atom. The predicted molar refractivity (Wildman–Crippen MR) is 196 cm³/mol. The molecule has 10 rings (SSSR count). The van der Waals surface area contributed by atoms with Gasteiger partial charge in [-0.05, 0) is 69.8 Å². The Bertz CT molecular complexity index is 2800. The number of hydrogen-bond acceptors (Lipinski definition) is 3. The van der Waals surface area contributed by atoms with Gasteiger partial charge in [0, 0.05) is 38.7 Å². The van der Waals surface area contributed by atoms with Gasteiger partial charge in [0.1, 0.15) is 16.7 Å². The smallest absolute Gasteiger partial charge is 0.159 e. The number of benzene rings is 8. The molecule has 2 aromatic heterocycles. The van der Waals surface area contributed by atoms with Crippen LogP contribution in [0.25, 0.3) is 76.5 Å². The maximum atomic E-state index is 6.83. The summed E-state index contributed by atoms with van der Waals surface area (Å²) in [5, 5.41) is 9.17. The quantitative estimate of drug-likeness (QED) is 0.201. The molecule has 47 heavy (non-hydrogen) atoms. The van der Waals surface area contributed by atoms with Gasteiger partial charge in [0.15, 0.2) is 5.58 Å². The first-order valence-electron chi connectivity index (χ1n) is 15.9. The standard InChI is InChI=1S/C44H27NO2/c1-3-12-33-28(9-1)11-7-15-34(33)30-19-22-31(23-20-30)45(32-24-26-37-36-14-5-6-18-41(36)46-42(37)27-32)40-17-8-16-38-39-25-21-29-10-2-4-13-35(29)43(39)47-44(38)40/h1-27H. The van der Waals surface area contributed by atoms with Crippen LogP contribution in [0.3, 0.4) is 0 Å². The van der Waals surface area contributed by atoms with Gasteiger partial charge in [0.25, 0.3) is 0 Å². The Morgan fingerprint density at radius 2 is 0.979 bits per heavy atom. The second-order valence-electron chi connectivity index (χ2n) is 12.1. The molecule has 220 valence electrons. The zero-order chi connectivity index (χ0) is 30.9. The summed E-state index contributed by atoms with van der Waals surface area (Å²) in [5.41, 5.74) is 8.88. The molecule has 0 bridgehead atoms. The Kier molecular flexibility index (Phi) is 5.57. The van der Waals surface area contributed by atoms with Gasteiger partial charge < -0.3 is 13.7 Å². The molecule has 2 heterocycles. The number of furan rings is 2. The van der Waals surface area contributed by atoms with Crippen LogP contribution < -0.4 is 4.90 Å². The van der Waals surface area contributed by atoms with Crippen molar-refractivity contribution < 1.29 is 8.83 Å². The number of anilines is 3. The van der Waals surface area contributed by atoms with E-state index in [-0.39, 0.29) is 0 Å². The Hall–Kier alpha value is -6.32. The van der Waals surface area contributed by atoms with Crippen molar-refractivity contribution >= 4 is 82.5 Å². The molecule has 0 spiro atoms. The van der Waals surface area contributed by atoms with Crippen molar-refractivity contribution in [2.45, 2.75) is 0 Å². The summed E-state index contributed by atoms with van der Waals surface area (Å²) >= 11 is 0. The van der Waals surface area contributed by atoms with E-state index in [0.29, 0.717) is 0 Å². The van der Waals surface area contributed by atoms with Gasteiger partial charge in [0.05, 0.1) is 11.4 Å². The first-order chi connectivity index (χ1) is 23.3. The van der Waals surface area contributed by atoms with Crippen LogP contribution >= 0.6 is 0 Å². The SMILES string of the molecule is c1ccc2c(-c3ccc(N(c4ccc5c(c4)oc4ccccc45)c4cccc5c4oc4c6ccccc6ccc54)cc3)cccc2c1.